The molecule has 0 atom stereocenters. The van der Waals surface area contributed by atoms with Gasteiger partial charge in [-0.15, -0.1) is 0 Å². The zero-order valence-corrected chi connectivity index (χ0v) is 61.7. The molecule has 9 heteroatoms. The fourth-order valence-electron chi connectivity index (χ4n) is 12.1. The number of thiophene rings is 6. The normalized spacial score (nSPS) is 12.4. The van der Waals surface area contributed by atoms with Gasteiger partial charge in [-0.2, -0.15) is 0 Å². The Bertz CT molecular complexity index is 2350. The number of hydrogen-bond acceptors (Lipinski definition) is 6. The quantitative estimate of drug-likeness (QED) is 0.0344. The molecule has 408 valence electrons. The summed E-state index contributed by atoms with van der Waals surface area (Å²) in [7, 11) is 0. The van der Waals surface area contributed by atoms with Crippen LogP contribution in [-0.2, 0) is 0 Å². The Hall–Kier alpha value is -0.184. The van der Waals surface area contributed by atoms with Gasteiger partial charge in [-0.1, -0.05) is 0 Å². The van der Waals surface area contributed by atoms with E-state index < -0.39 is 55.1 Å². The Labute approximate surface area is 495 Å². The maximum absolute atomic E-state index is 2.63. The van der Waals surface area contributed by atoms with Gasteiger partial charge in [-0.25, -0.2) is 0 Å². The molecular weight excluding hydrogens is 1340 g/mol. The van der Waals surface area contributed by atoms with Gasteiger partial charge in [0.1, 0.15) is 0 Å². The van der Waals surface area contributed by atoms with Crippen LogP contribution in [0.2, 0.25) is 39.9 Å². The van der Waals surface area contributed by atoms with E-state index in [9.17, 15) is 0 Å². The van der Waals surface area contributed by atoms with Crippen LogP contribution in [0.1, 0.15) is 178 Å². The van der Waals surface area contributed by atoms with Gasteiger partial charge in [0.15, 0.2) is 0 Å². The maximum atomic E-state index is 2.63. The van der Waals surface area contributed by atoms with Crippen LogP contribution in [0.15, 0.2) is 91.0 Å². The number of benzene rings is 1. The molecule has 0 nitrogen and oxygen atoms in total. The third-order valence-corrected chi connectivity index (χ3v) is 78.9. The molecule has 0 radical (unpaired) electrons. The Morgan fingerprint density at radius 1 is 0.227 bits per heavy atom. The standard InChI is InChI=1S/C30H15S6.9C4H9.3Sn/c1-4-25(31-13-1)28-10-7-22(34-28)19-16-20(23-8-11-29(35-23)26-5-2-14-32-26)18-21(17-19)24-9-12-30(36-24)27-6-3-15-33-27;9*1-3-4-2;;;/h1-12,16-18H;9*1,3-4H2,2H3;;;. The first-order chi connectivity index (χ1) is 36.7. The number of unbranched alkanes of at least 4 members (excludes halogenated alkanes) is 9. The van der Waals surface area contributed by atoms with Crippen molar-refractivity contribution >= 4 is 132 Å². The molecule has 0 amide bonds. The van der Waals surface area contributed by atoms with Gasteiger partial charge in [-0.05, 0) is 0 Å². The molecule has 6 aromatic heterocycles. The van der Waals surface area contributed by atoms with Crippen LogP contribution in [0, 0.1) is 0 Å². The van der Waals surface area contributed by atoms with Gasteiger partial charge in [0, 0.05) is 0 Å². The van der Waals surface area contributed by atoms with Crippen LogP contribution in [0.5, 0.6) is 0 Å². The molecule has 0 aliphatic heterocycles. The first-order valence-electron chi connectivity index (χ1n) is 30.4. The van der Waals surface area contributed by atoms with Crippen LogP contribution < -0.4 is 8.68 Å². The van der Waals surface area contributed by atoms with Gasteiger partial charge >= 0.3 is 501 Å². The molecule has 1 aromatic carbocycles. The summed E-state index contributed by atoms with van der Waals surface area (Å²) in [4.78, 5) is 13.0. The molecule has 0 saturated heterocycles. The van der Waals surface area contributed by atoms with Crippen molar-refractivity contribution in [1.82, 2.24) is 0 Å². The number of rotatable bonds is 36. The van der Waals surface area contributed by atoms with Crippen molar-refractivity contribution in [2.75, 3.05) is 0 Å². The average Bonchev–Trinajstić information content (AvgIpc) is 4.30. The fourth-order valence-corrected chi connectivity index (χ4v) is 75.7. The van der Waals surface area contributed by atoms with Crippen LogP contribution in [-0.4, -0.2) is 55.1 Å². The summed E-state index contributed by atoms with van der Waals surface area (Å²) in [5, 5.41) is 0. The first kappa shape index (κ1) is 62.4. The molecule has 0 spiro atoms. The monoisotopic (exact) mass is 1440 g/mol. The second-order valence-electron chi connectivity index (χ2n) is 22.6. The van der Waals surface area contributed by atoms with Crippen molar-refractivity contribution in [3.8, 4) is 60.6 Å². The van der Waals surface area contributed by atoms with Gasteiger partial charge in [-0.3, -0.25) is 0 Å². The van der Waals surface area contributed by atoms with Crippen molar-refractivity contribution in [2.24, 2.45) is 0 Å². The summed E-state index contributed by atoms with van der Waals surface area (Å²) >= 11 is 5.13. The third kappa shape index (κ3) is 16.3. The van der Waals surface area contributed by atoms with E-state index in [2.05, 4.69) is 187 Å². The van der Waals surface area contributed by atoms with Gasteiger partial charge in [0.2, 0.25) is 0 Å². The summed E-state index contributed by atoms with van der Waals surface area (Å²) in [6.45, 7) is 21.7. The Balaban J connectivity index is 1.27. The molecule has 0 saturated carbocycles. The van der Waals surface area contributed by atoms with Gasteiger partial charge in [0.05, 0.1) is 0 Å². The second kappa shape index (κ2) is 31.9. The van der Waals surface area contributed by atoms with Crippen molar-refractivity contribution in [1.29, 1.82) is 0 Å². The zero-order valence-electron chi connectivity index (χ0n) is 48.2. The minimum atomic E-state index is -2.52. The molecule has 7 rings (SSSR count). The van der Waals surface area contributed by atoms with E-state index in [1.165, 1.54) is 216 Å². The minimum absolute atomic E-state index is 1.33. The van der Waals surface area contributed by atoms with E-state index in [4.69, 9.17) is 0 Å². The molecule has 7 aromatic rings. The zero-order chi connectivity index (χ0) is 53.1. The van der Waals surface area contributed by atoms with Crippen molar-refractivity contribution in [2.45, 2.75) is 218 Å². The Kier molecular flexibility index (Phi) is 26.5. The summed E-state index contributed by atoms with van der Waals surface area (Å²) in [5.74, 6) is 0. The average molecular weight is 1440 g/mol. The molecule has 75 heavy (non-hydrogen) atoms. The summed E-state index contributed by atoms with van der Waals surface area (Å²) in [5.41, 5.74) is 4.09. The molecule has 0 aliphatic rings. The topological polar surface area (TPSA) is 0 Å². The van der Waals surface area contributed by atoms with E-state index in [-0.39, 0.29) is 0 Å². The number of hydrogen-bond donors (Lipinski definition) is 0. The summed E-state index contributed by atoms with van der Waals surface area (Å²) in [6.07, 6.45) is 24.7. The molecule has 0 aliphatic carbocycles. The van der Waals surface area contributed by atoms with Crippen LogP contribution in [0.25, 0.3) is 60.6 Å². The SMILES string of the molecule is CCC[CH2][Sn]([CH2]CCC)([CH2]CCC)[c]1ccc(-c2ccc(-c3cc(-c4ccc(-c5cc[c]([Sn]([CH2]CCC)([CH2]CCC)[CH2]CCC)s5)s4)cc(-c4ccc(-c5cc[c]([Sn]([CH2]CCC)([CH2]CCC)[CH2]CCC)s5)s4)c3)s2)s1. The summed E-state index contributed by atoms with van der Waals surface area (Å²) in [6, 6.07) is 37.8. The van der Waals surface area contributed by atoms with E-state index in [0.29, 0.717) is 0 Å². The van der Waals surface area contributed by atoms with Crippen LogP contribution >= 0.6 is 68.0 Å². The van der Waals surface area contributed by atoms with Crippen molar-refractivity contribution in [3.63, 3.8) is 0 Å². The molecular formula is C66H96S6Sn3. The molecule has 0 fully saturated rings. The predicted molar refractivity (Wildman–Crippen MR) is 360 cm³/mol. The predicted octanol–water partition coefficient (Wildman–Crippen LogP) is 24.2. The van der Waals surface area contributed by atoms with Crippen LogP contribution in [0.4, 0.5) is 0 Å². The second-order valence-corrected chi connectivity index (χ2v) is 71.5. The molecule has 0 bridgehead atoms. The van der Waals surface area contributed by atoms with Crippen molar-refractivity contribution < 1.29 is 0 Å². The Morgan fingerprint density at radius 2 is 0.400 bits per heavy atom. The van der Waals surface area contributed by atoms with E-state index in [1.807, 2.05) is 42.7 Å². The fraction of sp³-hybridized carbons (Fsp3) is 0.545. The third-order valence-electron chi connectivity index (χ3n) is 16.8. The molecule has 0 unspecified atom stereocenters. The molecule has 6 heterocycles. The van der Waals surface area contributed by atoms with Gasteiger partial charge in [0.25, 0.3) is 0 Å². The van der Waals surface area contributed by atoms with Gasteiger partial charge < -0.3 is 0 Å². The molecule has 0 N–H and O–H groups in total. The first-order valence-corrected chi connectivity index (χ1v) is 57.8. The van der Waals surface area contributed by atoms with E-state index in [1.54, 1.807) is 0 Å². The van der Waals surface area contributed by atoms with E-state index >= 15 is 0 Å². The van der Waals surface area contributed by atoms with E-state index in [0.717, 1.165) is 0 Å². The van der Waals surface area contributed by atoms with Crippen LogP contribution in [0.3, 0.4) is 0 Å². The Morgan fingerprint density at radius 3 is 0.600 bits per heavy atom. The van der Waals surface area contributed by atoms with Crippen molar-refractivity contribution in [3.05, 3.63) is 91.0 Å². The summed E-state index contributed by atoms with van der Waals surface area (Å²) < 4.78 is 19.4.